The summed E-state index contributed by atoms with van der Waals surface area (Å²) in [5.74, 6) is 0. The lowest BCUT2D eigenvalue weighted by Gasteiger charge is -2.03. The zero-order valence-corrected chi connectivity index (χ0v) is 15.4. The van der Waals surface area contributed by atoms with Crippen molar-refractivity contribution in [1.82, 2.24) is 19.8 Å². The second kappa shape index (κ2) is 9.15. The van der Waals surface area contributed by atoms with Gasteiger partial charge < -0.3 is 0 Å². The number of hydrogen-bond acceptors (Lipinski definition) is 10. The molecule has 0 fully saturated rings. The Labute approximate surface area is 153 Å². The zero-order chi connectivity index (χ0) is 19.9. The maximum atomic E-state index is 11.8. The van der Waals surface area contributed by atoms with E-state index in [1.807, 2.05) is 0 Å². The highest BCUT2D eigenvalue weighted by atomic mass is 32.3. The smallest absolute Gasteiger partial charge is 0.246 e. The standard InChI is InChI=1S/C12H18N8O6S/c1-3-5-17-11(21)19(15-13-17)7-9-25-27(23,24)26-10-8-20-12(22)18(6-4-2)14-16-20/h3-6H,7-10H2,1-2H3/q+2/b5-3+,6-4+. The van der Waals surface area contributed by atoms with Crippen molar-refractivity contribution in [3.8, 4) is 0 Å². The van der Waals surface area contributed by atoms with E-state index in [9.17, 15) is 18.0 Å². The highest BCUT2D eigenvalue weighted by Gasteiger charge is 2.39. The molecule has 0 radical (unpaired) electrons. The minimum absolute atomic E-state index is 0.143. The SMILES string of the molecule is C/C=C/n1nnn(CCOS(=O)(=O)OCC[N+]2=NN=[N+](/C=C/C)C2=O)c1=O. The summed E-state index contributed by atoms with van der Waals surface area (Å²) < 4.78 is 36.5. The molecule has 2 heterocycles. The Kier molecular flexibility index (Phi) is 6.91. The summed E-state index contributed by atoms with van der Waals surface area (Å²) in [6, 6.07) is -0.543. The van der Waals surface area contributed by atoms with Crippen molar-refractivity contribution in [2.75, 3.05) is 19.8 Å². The molecule has 1 aromatic rings. The third-order valence-electron chi connectivity index (χ3n) is 2.96. The molecule has 2 amide bonds. The van der Waals surface area contributed by atoms with Gasteiger partial charge in [-0.3, -0.25) is 0 Å². The molecular weight excluding hydrogens is 384 g/mol. The third kappa shape index (κ3) is 5.53. The summed E-state index contributed by atoms with van der Waals surface area (Å²) in [5.41, 5.74) is -0.543. The minimum atomic E-state index is -4.32. The Hall–Kier alpha value is -2.91. The molecule has 1 aliphatic rings. The van der Waals surface area contributed by atoms with Gasteiger partial charge >= 0.3 is 27.3 Å². The maximum absolute atomic E-state index is 11.8. The van der Waals surface area contributed by atoms with E-state index in [1.54, 1.807) is 26.0 Å². The second-order valence-corrected chi connectivity index (χ2v) is 6.16. The fourth-order valence-corrected chi connectivity index (χ4v) is 2.43. The fourth-order valence-electron chi connectivity index (χ4n) is 1.81. The Bertz CT molecular complexity index is 970. The van der Waals surface area contributed by atoms with Crippen molar-refractivity contribution in [2.24, 2.45) is 10.4 Å². The fraction of sp³-hybridized carbons (Fsp3) is 0.500. The van der Waals surface area contributed by atoms with Crippen LogP contribution in [-0.2, 0) is 25.3 Å². The molecule has 15 heteroatoms. The van der Waals surface area contributed by atoms with Crippen LogP contribution in [0.4, 0.5) is 4.79 Å². The summed E-state index contributed by atoms with van der Waals surface area (Å²) in [6.07, 6.45) is 6.00. The van der Waals surface area contributed by atoms with E-state index in [2.05, 4.69) is 29.2 Å². The first-order chi connectivity index (χ1) is 12.9. The van der Waals surface area contributed by atoms with E-state index >= 15 is 0 Å². The summed E-state index contributed by atoms with van der Waals surface area (Å²) in [6.45, 7) is 2.36. The first-order valence-corrected chi connectivity index (χ1v) is 9.05. The molecule has 146 valence electrons. The largest absolute Gasteiger partial charge is 0.638 e. The predicted molar refractivity (Wildman–Crippen MR) is 86.6 cm³/mol. The van der Waals surface area contributed by atoms with Gasteiger partial charge in [-0.25, -0.2) is 13.2 Å². The topological polar surface area (TPSA) is 153 Å². The summed E-state index contributed by atoms with van der Waals surface area (Å²) in [5, 5.41) is 14.3. The molecule has 0 N–H and O–H groups in total. The van der Waals surface area contributed by atoms with E-state index < -0.39 is 22.1 Å². The van der Waals surface area contributed by atoms with Crippen LogP contribution in [0.25, 0.3) is 6.20 Å². The number of carbonyl (C=O) groups excluding carboxylic acids is 1. The van der Waals surface area contributed by atoms with Crippen LogP contribution in [0.15, 0.2) is 33.6 Å². The predicted octanol–water partition coefficient (Wildman–Crippen LogP) is -0.280. The minimum Gasteiger partial charge on any atom is -0.246 e. The molecular formula is C12H18N8O6S+2. The van der Waals surface area contributed by atoms with Crippen molar-refractivity contribution in [2.45, 2.75) is 20.4 Å². The van der Waals surface area contributed by atoms with Gasteiger partial charge in [-0.15, -0.1) is 0 Å². The summed E-state index contributed by atoms with van der Waals surface area (Å²) in [7, 11) is -4.32. The Morgan fingerprint density at radius 3 is 2.52 bits per heavy atom. The highest BCUT2D eigenvalue weighted by Crippen LogP contribution is 2.02. The average Bonchev–Trinajstić information content (AvgIpc) is 3.13. The molecule has 27 heavy (non-hydrogen) atoms. The van der Waals surface area contributed by atoms with Crippen LogP contribution in [0.3, 0.4) is 0 Å². The van der Waals surface area contributed by atoms with Gasteiger partial charge in [0.2, 0.25) is 0 Å². The van der Waals surface area contributed by atoms with Crippen molar-refractivity contribution >= 4 is 22.6 Å². The van der Waals surface area contributed by atoms with Crippen LogP contribution in [0.5, 0.6) is 0 Å². The first kappa shape index (κ1) is 20.4. The quantitative estimate of drug-likeness (QED) is 0.484. The molecule has 0 spiro atoms. The van der Waals surface area contributed by atoms with Crippen molar-refractivity contribution in [3.63, 3.8) is 0 Å². The Morgan fingerprint density at radius 2 is 1.81 bits per heavy atom. The zero-order valence-electron chi connectivity index (χ0n) is 14.6. The van der Waals surface area contributed by atoms with Crippen molar-refractivity contribution < 1.29 is 31.0 Å². The molecule has 2 rings (SSSR count). The summed E-state index contributed by atoms with van der Waals surface area (Å²) in [4.78, 5) is 23.6. The van der Waals surface area contributed by atoms with E-state index in [0.29, 0.717) is 0 Å². The lowest BCUT2D eigenvalue weighted by atomic mass is 10.6. The number of allylic oxidation sites excluding steroid dienone is 2. The van der Waals surface area contributed by atoms with Gasteiger partial charge in [-0.1, -0.05) is 6.08 Å². The number of urea groups is 1. The van der Waals surface area contributed by atoms with Crippen LogP contribution < -0.4 is 5.69 Å². The normalized spacial score (nSPS) is 15.1. The molecule has 0 aliphatic carbocycles. The Morgan fingerprint density at radius 1 is 1.07 bits per heavy atom. The Balaban J connectivity index is 1.76. The summed E-state index contributed by atoms with van der Waals surface area (Å²) >= 11 is 0. The third-order valence-corrected chi connectivity index (χ3v) is 3.87. The highest BCUT2D eigenvalue weighted by molar-refractivity contribution is 7.81. The lowest BCUT2D eigenvalue weighted by molar-refractivity contribution is -0.564. The number of carbonyl (C=O) groups is 1. The van der Waals surface area contributed by atoms with Crippen LogP contribution in [0.1, 0.15) is 13.8 Å². The number of tetrazole rings is 1. The molecule has 1 aromatic heterocycles. The van der Waals surface area contributed by atoms with Gasteiger partial charge in [0.1, 0.15) is 11.3 Å². The second-order valence-electron chi connectivity index (χ2n) is 4.88. The molecule has 0 unspecified atom stereocenters. The van der Waals surface area contributed by atoms with Gasteiger partial charge in [0.15, 0.2) is 12.7 Å². The van der Waals surface area contributed by atoms with E-state index in [-0.39, 0.29) is 26.3 Å². The maximum Gasteiger partial charge on any atom is 0.638 e. The molecule has 0 saturated carbocycles. The number of aromatic nitrogens is 4. The number of amides is 2. The molecule has 0 saturated heterocycles. The molecule has 14 nitrogen and oxygen atoms in total. The monoisotopic (exact) mass is 402 g/mol. The number of nitrogens with zero attached hydrogens (tertiary/aromatic N) is 8. The van der Waals surface area contributed by atoms with Gasteiger partial charge in [-0.2, -0.15) is 22.6 Å². The van der Waals surface area contributed by atoms with E-state index in [1.165, 1.54) is 12.4 Å². The van der Waals surface area contributed by atoms with Crippen LogP contribution in [0, 0.1) is 0 Å². The first-order valence-electron chi connectivity index (χ1n) is 7.72. The average molecular weight is 402 g/mol. The van der Waals surface area contributed by atoms with E-state index in [4.69, 9.17) is 0 Å². The lowest BCUT2D eigenvalue weighted by Crippen LogP contribution is -2.27. The van der Waals surface area contributed by atoms with Crippen LogP contribution >= 0.6 is 0 Å². The van der Waals surface area contributed by atoms with Gasteiger partial charge in [-0.05, 0) is 30.4 Å². The van der Waals surface area contributed by atoms with E-state index in [0.717, 1.165) is 18.8 Å². The van der Waals surface area contributed by atoms with Crippen molar-refractivity contribution in [3.05, 3.63) is 28.8 Å². The number of rotatable bonds is 10. The molecule has 0 aromatic carbocycles. The van der Waals surface area contributed by atoms with Crippen molar-refractivity contribution in [1.29, 1.82) is 0 Å². The molecule has 0 bridgehead atoms. The van der Waals surface area contributed by atoms with Gasteiger partial charge in [0.05, 0.1) is 13.2 Å². The van der Waals surface area contributed by atoms with Gasteiger partial charge in [0.25, 0.3) is 5.22 Å². The number of hydrogen-bond donors (Lipinski definition) is 0. The molecule has 1 aliphatic heterocycles. The molecule has 0 atom stereocenters. The van der Waals surface area contributed by atoms with Gasteiger partial charge in [0, 0.05) is 10.9 Å². The van der Waals surface area contributed by atoms with Crippen LogP contribution in [-0.4, -0.2) is 63.4 Å². The van der Waals surface area contributed by atoms with Crippen LogP contribution in [0.2, 0.25) is 0 Å².